The summed E-state index contributed by atoms with van der Waals surface area (Å²) < 4.78 is 5.88. The molecule has 5 nitrogen and oxygen atoms in total. The van der Waals surface area contributed by atoms with E-state index in [0.717, 1.165) is 23.1 Å². The molecule has 0 saturated heterocycles. The number of carbonyl (C=O) groups is 2. The van der Waals surface area contributed by atoms with Crippen molar-refractivity contribution in [2.75, 3.05) is 13.2 Å². The van der Waals surface area contributed by atoms with Crippen LogP contribution in [-0.4, -0.2) is 35.9 Å². The van der Waals surface area contributed by atoms with E-state index < -0.39 is 6.04 Å². The van der Waals surface area contributed by atoms with Crippen molar-refractivity contribution in [3.8, 4) is 5.75 Å². The van der Waals surface area contributed by atoms with Crippen LogP contribution in [0.3, 0.4) is 0 Å². The number of amides is 2. The van der Waals surface area contributed by atoms with Gasteiger partial charge in [-0.3, -0.25) is 9.59 Å². The molecule has 0 bridgehead atoms. The van der Waals surface area contributed by atoms with Crippen molar-refractivity contribution in [2.24, 2.45) is 0 Å². The maximum atomic E-state index is 13.6. The van der Waals surface area contributed by atoms with E-state index in [1.165, 1.54) is 5.56 Å². The molecule has 0 aliphatic carbocycles. The molecule has 1 N–H and O–H groups in total. The number of rotatable bonds is 12. The van der Waals surface area contributed by atoms with Crippen LogP contribution >= 0.6 is 0 Å². The molecule has 3 aromatic carbocycles. The van der Waals surface area contributed by atoms with E-state index in [4.69, 9.17) is 4.74 Å². The Hall–Kier alpha value is -3.60. The molecular formula is C31H38N2O3. The summed E-state index contributed by atoms with van der Waals surface area (Å²) in [5, 5.41) is 3.00. The van der Waals surface area contributed by atoms with E-state index in [1.54, 1.807) is 4.90 Å². The Morgan fingerprint density at radius 1 is 0.889 bits per heavy atom. The van der Waals surface area contributed by atoms with Crippen LogP contribution in [0.4, 0.5) is 0 Å². The first-order valence-electron chi connectivity index (χ1n) is 12.8. The molecule has 0 aliphatic rings. The zero-order chi connectivity index (χ0) is 25.9. The van der Waals surface area contributed by atoms with E-state index in [2.05, 4.69) is 19.2 Å². The average molecular weight is 487 g/mol. The Labute approximate surface area is 215 Å². The second-order valence-electron chi connectivity index (χ2n) is 9.52. The highest BCUT2D eigenvalue weighted by atomic mass is 16.5. The van der Waals surface area contributed by atoms with Crippen LogP contribution in [0.5, 0.6) is 5.75 Å². The molecule has 3 aromatic rings. The van der Waals surface area contributed by atoms with Gasteiger partial charge in [-0.1, -0.05) is 93.1 Å². The fourth-order valence-corrected chi connectivity index (χ4v) is 3.99. The van der Waals surface area contributed by atoms with Gasteiger partial charge in [-0.05, 0) is 48.1 Å². The number of hydrogen-bond donors (Lipinski definition) is 1. The minimum atomic E-state index is -0.653. The van der Waals surface area contributed by atoms with Crippen molar-refractivity contribution >= 4 is 11.8 Å². The first kappa shape index (κ1) is 27.0. The van der Waals surface area contributed by atoms with Crippen LogP contribution in [0, 0.1) is 6.92 Å². The maximum absolute atomic E-state index is 13.6. The minimum absolute atomic E-state index is 0.140. The SMILES string of the molecule is CCCNC(=O)C(Cc1ccccc1)N(Cc1ccc(C)cc1)C(=O)COc1ccc(C(C)C)cc1. The summed E-state index contributed by atoms with van der Waals surface area (Å²) in [7, 11) is 0. The lowest BCUT2D eigenvalue weighted by Crippen LogP contribution is -2.51. The van der Waals surface area contributed by atoms with Crippen LogP contribution in [0.2, 0.25) is 0 Å². The molecule has 0 radical (unpaired) electrons. The van der Waals surface area contributed by atoms with E-state index in [0.29, 0.717) is 31.2 Å². The van der Waals surface area contributed by atoms with Gasteiger partial charge < -0.3 is 15.0 Å². The topological polar surface area (TPSA) is 58.6 Å². The summed E-state index contributed by atoms with van der Waals surface area (Å²) in [4.78, 5) is 28.6. The molecule has 36 heavy (non-hydrogen) atoms. The fraction of sp³-hybridized carbons (Fsp3) is 0.355. The summed E-state index contributed by atoms with van der Waals surface area (Å²) in [6, 6.07) is 25.0. The molecule has 0 aromatic heterocycles. The van der Waals surface area contributed by atoms with Gasteiger partial charge in [0.1, 0.15) is 11.8 Å². The molecule has 0 saturated carbocycles. The predicted molar refractivity (Wildman–Crippen MR) is 145 cm³/mol. The Kier molecular flexibility index (Phi) is 10.1. The zero-order valence-electron chi connectivity index (χ0n) is 21.9. The quantitative estimate of drug-likeness (QED) is 0.359. The summed E-state index contributed by atoms with van der Waals surface area (Å²) in [6.45, 7) is 9.07. The lowest BCUT2D eigenvalue weighted by atomic mass is 10.0. The van der Waals surface area contributed by atoms with Crippen molar-refractivity contribution in [2.45, 2.75) is 59.0 Å². The van der Waals surface area contributed by atoms with Gasteiger partial charge in [0.25, 0.3) is 5.91 Å². The first-order valence-corrected chi connectivity index (χ1v) is 12.8. The molecule has 190 valence electrons. The highest BCUT2D eigenvalue weighted by Crippen LogP contribution is 2.20. The summed E-state index contributed by atoms with van der Waals surface area (Å²) in [5.41, 5.74) is 4.33. The van der Waals surface area contributed by atoms with Gasteiger partial charge in [-0.2, -0.15) is 0 Å². The van der Waals surface area contributed by atoms with Crippen LogP contribution in [-0.2, 0) is 22.6 Å². The molecule has 5 heteroatoms. The van der Waals surface area contributed by atoms with Crippen LogP contribution in [0.1, 0.15) is 55.4 Å². The van der Waals surface area contributed by atoms with E-state index in [1.807, 2.05) is 92.7 Å². The van der Waals surface area contributed by atoms with E-state index >= 15 is 0 Å². The monoisotopic (exact) mass is 486 g/mol. The minimum Gasteiger partial charge on any atom is -0.484 e. The number of carbonyl (C=O) groups excluding carboxylic acids is 2. The summed E-state index contributed by atoms with van der Waals surface area (Å²) >= 11 is 0. The number of aryl methyl sites for hydroxylation is 1. The van der Waals surface area contributed by atoms with Gasteiger partial charge in [0, 0.05) is 19.5 Å². The van der Waals surface area contributed by atoms with Crippen molar-refractivity contribution in [1.29, 1.82) is 0 Å². The molecule has 3 rings (SSSR count). The van der Waals surface area contributed by atoms with Gasteiger partial charge in [-0.25, -0.2) is 0 Å². The van der Waals surface area contributed by atoms with Gasteiger partial charge in [-0.15, -0.1) is 0 Å². The molecule has 0 fully saturated rings. The lowest BCUT2D eigenvalue weighted by Gasteiger charge is -2.31. The molecular weight excluding hydrogens is 448 g/mol. The molecule has 2 amide bonds. The van der Waals surface area contributed by atoms with Crippen LogP contribution in [0.25, 0.3) is 0 Å². The second kappa shape index (κ2) is 13.5. The Morgan fingerprint density at radius 3 is 2.17 bits per heavy atom. The molecule has 1 unspecified atom stereocenters. The molecule has 0 aliphatic heterocycles. The van der Waals surface area contributed by atoms with Crippen molar-refractivity contribution < 1.29 is 14.3 Å². The van der Waals surface area contributed by atoms with Gasteiger partial charge >= 0.3 is 0 Å². The number of benzene rings is 3. The standard InChI is InChI=1S/C31H38N2O3/c1-5-19-32-31(35)29(20-25-9-7-6-8-10-25)33(21-26-13-11-24(4)12-14-26)30(34)22-36-28-17-15-27(16-18-28)23(2)3/h6-18,23,29H,5,19-22H2,1-4H3,(H,32,35). The third-order valence-corrected chi connectivity index (χ3v) is 6.20. The van der Waals surface area contributed by atoms with Crippen molar-refractivity contribution in [3.63, 3.8) is 0 Å². The normalized spacial score (nSPS) is 11.7. The first-order chi connectivity index (χ1) is 17.4. The third-order valence-electron chi connectivity index (χ3n) is 6.20. The van der Waals surface area contributed by atoms with E-state index in [-0.39, 0.29) is 18.4 Å². The van der Waals surface area contributed by atoms with Crippen LogP contribution in [0.15, 0.2) is 78.9 Å². The number of nitrogens with one attached hydrogen (secondary N) is 1. The Bertz CT molecular complexity index is 1090. The molecule has 0 spiro atoms. The molecule has 1 atom stereocenters. The average Bonchev–Trinajstić information content (AvgIpc) is 2.89. The van der Waals surface area contributed by atoms with Gasteiger partial charge in [0.15, 0.2) is 6.61 Å². The number of hydrogen-bond acceptors (Lipinski definition) is 3. The maximum Gasteiger partial charge on any atom is 0.261 e. The van der Waals surface area contributed by atoms with Crippen LogP contribution < -0.4 is 10.1 Å². The lowest BCUT2D eigenvalue weighted by molar-refractivity contribution is -0.142. The summed E-state index contributed by atoms with van der Waals surface area (Å²) in [5.74, 6) is 0.683. The largest absolute Gasteiger partial charge is 0.484 e. The second-order valence-corrected chi connectivity index (χ2v) is 9.52. The highest BCUT2D eigenvalue weighted by molar-refractivity contribution is 5.88. The predicted octanol–water partition coefficient (Wildman–Crippen LogP) is 5.66. The highest BCUT2D eigenvalue weighted by Gasteiger charge is 2.30. The van der Waals surface area contributed by atoms with Crippen molar-refractivity contribution in [1.82, 2.24) is 10.2 Å². The smallest absolute Gasteiger partial charge is 0.261 e. The van der Waals surface area contributed by atoms with Crippen molar-refractivity contribution in [3.05, 3.63) is 101 Å². The van der Waals surface area contributed by atoms with Gasteiger partial charge in [0.2, 0.25) is 5.91 Å². The summed E-state index contributed by atoms with van der Waals surface area (Å²) in [6.07, 6.45) is 1.25. The number of ether oxygens (including phenoxy) is 1. The Balaban J connectivity index is 1.85. The van der Waals surface area contributed by atoms with E-state index in [9.17, 15) is 9.59 Å². The Morgan fingerprint density at radius 2 is 1.56 bits per heavy atom. The third kappa shape index (κ3) is 7.98. The number of nitrogens with zero attached hydrogens (tertiary/aromatic N) is 1. The fourth-order valence-electron chi connectivity index (χ4n) is 3.99. The van der Waals surface area contributed by atoms with Gasteiger partial charge in [0.05, 0.1) is 0 Å². The molecule has 0 heterocycles. The zero-order valence-corrected chi connectivity index (χ0v) is 21.9.